The number of hydrogen-bond donors (Lipinski definition) is 2. The molecule has 0 aliphatic heterocycles. The van der Waals surface area contributed by atoms with Crippen LogP contribution in [0.4, 0.5) is 0 Å². The largest absolute Gasteiger partial charge is 0.380 e. The van der Waals surface area contributed by atoms with Crippen molar-refractivity contribution in [1.82, 2.24) is 10.6 Å². The van der Waals surface area contributed by atoms with E-state index in [-0.39, 0.29) is 0 Å². The molecule has 14 heavy (non-hydrogen) atoms. The molecule has 0 radical (unpaired) electrons. The lowest BCUT2D eigenvalue weighted by Crippen LogP contribution is -2.28. The van der Waals surface area contributed by atoms with Crippen molar-refractivity contribution in [1.29, 1.82) is 0 Å². The molecule has 0 aliphatic carbocycles. The zero-order chi connectivity index (χ0) is 10.8. The van der Waals surface area contributed by atoms with Crippen molar-refractivity contribution in [3.8, 4) is 0 Å². The highest BCUT2D eigenvalue weighted by Crippen LogP contribution is 1.88. The van der Waals surface area contributed by atoms with Crippen LogP contribution in [0.3, 0.4) is 0 Å². The SMILES string of the molecule is COC(C)CNCCCCNC(C)C. The first kappa shape index (κ1) is 13.9. The average molecular weight is 202 g/mol. The van der Waals surface area contributed by atoms with Gasteiger partial charge in [0.15, 0.2) is 0 Å². The highest BCUT2D eigenvalue weighted by molar-refractivity contribution is 4.57. The Morgan fingerprint density at radius 1 is 1.07 bits per heavy atom. The molecular weight excluding hydrogens is 176 g/mol. The van der Waals surface area contributed by atoms with Crippen LogP contribution in [0.1, 0.15) is 33.6 Å². The van der Waals surface area contributed by atoms with Gasteiger partial charge in [-0.05, 0) is 32.9 Å². The molecule has 2 N–H and O–H groups in total. The summed E-state index contributed by atoms with van der Waals surface area (Å²) in [5, 5.41) is 6.78. The highest BCUT2D eigenvalue weighted by Gasteiger charge is 1.97. The van der Waals surface area contributed by atoms with E-state index in [1.54, 1.807) is 7.11 Å². The van der Waals surface area contributed by atoms with E-state index in [2.05, 4.69) is 31.4 Å². The summed E-state index contributed by atoms with van der Waals surface area (Å²) in [5.41, 5.74) is 0. The van der Waals surface area contributed by atoms with Crippen LogP contribution in [0.15, 0.2) is 0 Å². The maximum Gasteiger partial charge on any atom is 0.0667 e. The summed E-state index contributed by atoms with van der Waals surface area (Å²) in [5.74, 6) is 0. The van der Waals surface area contributed by atoms with Crippen LogP contribution in [0.25, 0.3) is 0 Å². The highest BCUT2D eigenvalue weighted by atomic mass is 16.5. The summed E-state index contributed by atoms with van der Waals surface area (Å²) in [4.78, 5) is 0. The van der Waals surface area contributed by atoms with E-state index in [0.29, 0.717) is 12.1 Å². The molecule has 0 bridgehead atoms. The summed E-state index contributed by atoms with van der Waals surface area (Å²) < 4.78 is 5.13. The van der Waals surface area contributed by atoms with Gasteiger partial charge >= 0.3 is 0 Å². The Labute approximate surface area is 88.6 Å². The lowest BCUT2D eigenvalue weighted by Gasteiger charge is -2.11. The maximum atomic E-state index is 5.13. The van der Waals surface area contributed by atoms with Crippen molar-refractivity contribution < 1.29 is 4.74 Å². The molecule has 0 saturated carbocycles. The average Bonchev–Trinajstić information content (AvgIpc) is 2.15. The lowest BCUT2D eigenvalue weighted by molar-refractivity contribution is 0.117. The van der Waals surface area contributed by atoms with Crippen LogP contribution in [0.2, 0.25) is 0 Å². The summed E-state index contributed by atoms with van der Waals surface area (Å²) in [6, 6.07) is 0.608. The van der Waals surface area contributed by atoms with Gasteiger partial charge in [0.25, 0.3) is 0 Å². The quantitative estimate of drug-likeness (QED) is 0.554. The molecule has 0 fully saturated rings. The zero-order valence-corrected chi connectivity index (χ0v) is 10.1. The molecule has 0 heterocycles. The Morgan fingerprint density at radius 2 is 1.71 bits per heavy atom. The first-order valence-corrected chi connectivity index (χ1v) is 5.63. The van der Waals surface area contributed by atoms with E-state index < -0.39 is 0 Å². The summed E-state index contributed by atoms with van der Waals surface area (Å²) in [6.45, 7) is 9.60. The van der Waals surface area contributed by atoms with E-state index in [1.165, 1.54) is 12.8 Å². The zero-order valence-electron chi connectivity index (χ0n) is 10.1. The van der Waals surface area contributed by atoms with Crippen molar-refractivity contribution in [2.75, 3.05) is 26.7 Å². The Bertz CT molecular complexity index is 118. The second-order valence-electron chi connectivity index (χ2n) is 4.07. The third-order valence-corrected chi connectivity index (χ3v) is 2.17. The van der Waals surface area contributed by atoms with E-state index in [1.807, 2.05) is 0 Å². The molecule has 0 rings (SSSR count). The van der Waals surface area contributed by atoms with Gasteiger partial charge in [-0.15, -0.1) is 0 Å². The molecule has 0 aromatic rings. The summed E-state index contributed by atoms with van der Waals surface area (Å²) in [6.07, 6.45) is 2.80. The molecule has 0 aliphatic rings. The molecule has 0 aromatic carbocycles. The van der Waals surface area contributed by atoms with Gasteiger partial charge < -0.3 is 15.4 Å². The minimum Gasteiger partial charge on any atom is -0.380 e. The first-order valence-electron chi connectivity index (χ1n) is 5.63. The van der Waals surface area contributed by atoms with E-state index in [0.717, 1.165) is 19.6 Å². The summed E-state index contributed by atoms with van der Waals surface area (Å²) >= 11 is 0. The van der Waals surface area contributed by atoms with Crippen molar-refractivity contribution in [3.63, 3.8) is 0 Å². The number of methoxy groups -OCH3 is 1. The van der Waals surface area contributed by atoms with Gasteiger partial charge in [0.1, 0.15) is 0 Å². The molecule has 86 valence electrons. The standard InChI is InChI=1S/C11H26N2O/c1-10(2)13-8-6-5-7-12-9-11(3)14-4/h10-13H,5-9H2,1-4H3. The maximum absolute atomic E-state index is 5.13. The fourth-order valence-electron chi connectivity index (χ4n) is 1.15. The van der Waals surface area contributed by atoms with Crippen molar-refractivity contribution in [2.24, 2.45) is 0 Å². The molecule has 0 amide bonds. The molecule has 3 heteroatoms. The molecular formula is C11H26N2O. The number of hydrogen-bond acceptors (Lipinski definition) is 3. The number of unbranched alkanes of at least 4 members (excludes halogenated alkanes) is 1. The van der Waals surface area contributed by atoms with Crippen LogP contribution in [-0.4, -0.2) is 38.9 Å². The fraction of sp³-hybridized carbons (Fsp3) is 1.00. The third kappa shape index (κ3) is 9.96. The van der Waals surface area contributed by atoms with Crippen molar-refractivity contribution in [2.45, 2.75) is 45.8 Å². The normalized spacial score (nSPS) is 13.5. The molecule has 0 aromatic heterocycles. The van der Waals surface area contributed by atoms with Crippen molar-refractivity contribution >= 4 is 0 Å². The fourth-order valence-corrected chi connectivity index (χ4v) is 1.15. The predicted molar refractivity (Wildman–Crippen MR) is 61.7 cm³/mol. The molecule has 1 atom stereocenters. The minimum absolute atomic E-state index is 0.323. The van der Waals surface area contributed by atoms with Gasteiger partial charge in [-0.1, -0.05) is 13.8 Å². The van der Waals surface area contributed by atoms with E-state index >= 15 is 0 Å². The van der Waals surface area contributed by atoms with Gasteiger partial charge in [0.05, 0.1) is 6.10 Å². The van der Waals surface area contributed by atoms with Crippen LogP contribution in [-0.2, 0) is 4.74 Å². The second-order valence-corrected chi connectivity index (χ2v) is 4.07. The monoisotopic (exact) mass is 202 g/mol. The Hall–Kier alpha value is -0.120. The topological polar surface area (TPSA) is 33.3 Å². The lowest BCUT2D eigenvalue weighted by atomic mass is 10.3. The third-order valence-electron chi connectivity index (χ3n) is 2.17. The Kier molecular flexibility index (Phi) is 9.35. The van der Waals surface area contributed by atoms with Crippen molar-refractivity contribution in [3.05, 3.63) is 0 Å². The Balaban J connectivity index is 2.99. The second kappa shape index (κ2) is 9.44. The first-order chi connectivity index (χ1) is 6.66. The van der Waals surface area contributed by atoms with E-state index in [9.17, 15) is 0 Å². The molecule has 1 unspecified atom stereocenters. The number of rotatable bonds is 9. The van der Waals surface area contributed by atoms with Gasteiger partial charge in [-0.3, -0.25) is 0 Å². The van der Waals surface area contributed by atoms with Crippen LogP contribution < -0.4 is 10.6 Å². The van der Waals surface area contributed by atoms with Gasteiger partial charge in [0, 0.05) is 19.7 Å². The van der Waals surface area contributed by atoms with Gasteiger partial charge in [0.2, 0.25) is 0 Å². The van der Waals surface area contributed by atoms with Gasteiger partial charge in [-0.25, -0.2) is 0 Å². The van der Waals surface area contributed by atoms with Gasteiger partial charge in [-0.2, -0.15) is 0 Å². The van der Waals surface area contributed by atoms with Crippen LogP contribution in [0, 0.1) is 0 Å². The smallest absolute Gasteiger partial charge is 0.0667 e. The van der Waals surface area contributed by atoms with Crippen LogP contribution >= 0.6 is 0 Å². The predicted octanol–water partition coefficient (Wildman–Crippen LogP) is 1.39. The molecule has 3 nitrogen and oxygen atoms in total. The van der Waals surface area contributed by atoms with Crippen LogP contribution in [0.5, 0.6) is 0 Å². The number of nitrogens with one attached hydrogen (secondary N) is 2. The van der Waals surface area contributed by atoms with E-state index in [4.69, 9.17) is 4.74 Å². The molecule has 0 spiro atoms. The number of ether oxygens (including phenoxy) is 1. The minimum atomic E-state index is 0.323. The Morgan fingerprint density at radius 3 is 2.29 bits per heavy atom. The summed E-state index contributed by atoms with van der Waals surface area (Å²) in [7, 11) is 1.75. The molecule has 0 saturated heterocycles.